The van der Waals surface area contributed by atoms with Gasteiger partial charge in [-0.05, 0) is 46.2 Å². The van der Waals surface area contributed by atoms with Gasteiger partial charge in [-0.15, -0.1) is 0 Å². The smallest absolute Gasteiger partial charge is 0.407 e. The summed E-state index contributed by atoms with van der Waals surface area (Å²) in [4.78, 5) is 23.4. The number of Topliss-reactive ketones (excluding diaryl/α,β-unsaturated/α-hetero) is 1. The molecule has 1 atom stereocenters. The highest BCUT2D eigenvalue weighted by atomic mass is 19.2. The maximum atomic E-state index is 13.1. The molecule has 1 amide bonds. The fourth-order valence-electron chi connectivity index (χ4n) is 1.79. The van der Waals surface area contributed by atoms with Crippen LogP contribution in [0.4, 0.5) is 18.0 Å². The molecule has 0 unspecified atom stereocenters. The van der Waals surface area contributed by atoms with Crippen molar-refractivity contribution in [3.8, 4) is 0 Å². The van der Waals surface area contributed by atoms with Crippen LogP contribution in [0.25, 0.3) is 0 Å². The molecule has 1 aromatic carbocycles. The van der Waals surface area contributed by atoms with Gasteiger partial charge in [0.25, 0.3) is 0 Å². The number of hydrogen-bond acceptors (Lipinski definition) is 3. The Hall–Kier alpha value is -2.05. The van der Waals surface area contributed by atoms with Crippen molar-refractivity contribution in [2.75, 3.05) is 0 Å². The highest BCUT2D eigenvalue weighted by Crippen LogP contribution is 2.16. The SMILES string of the molecule is C[C@@H](CCC(=O)c1cc(F)c(F)c(F)c1)NC(=O)OC(C)(C)C. The number of alkyl carbamates (subject to hydrolysis) is 1. The Kier molecular flexibility index (Phi) is 6.18. The third-order valence-electron chi connectivity index (χ3n) is 2.87. The summed E-state index contributed by atoms with van der Waals surface area (Å²) in [5, 5.41) is 2.55. The van der Waals surface area contributed by atoms with E-state index in [-0.39, 0.29) is 24.4 Å². The van der Waals surface area contributed by atoms with Crippen molar-refractivity contribution in [2.45, 2.75) is 52.2 Å². The van der Waals surface area contributed by atoms with Crippen LogP contribution in [-0.2, 0) is 4.74 Å². The molecule has 0 heterocycles. The Labute approximate surface area is 133 Å². The van der Waals surface area contributed by atoms with E-state index in [0.717, 1.165) is 0 Å². The first-order valence-electron chi connectivity index (χ1n) is 7.17. The number of halogens is 3. The lowest BCUT2D eigenvalue weighted by Crippen LogP contribution is -2.37. The first-order chi connectivity index (χ1) is 10.5. The first kappa shape index (κ1) is 19.0. The number of ketones is 1. The molecule has 0 aromatic heterocycles. The molecule has 0 bridgehead atoms. The molecular formula is C16H20F3NO3. The van der Waals surface area contributed by atoms with E-state index >= 15 is 0 Å². The first-order valence-corrected chi connectivity index (χ1v) is 7.17. The minimum Gasteiger partial charge on any atom is -0.444 e. The van der Waals surface area contributed by atoms with Gasteiger partial charge in [0.1, 0.15) is 5.60 Å². The second-order valence-electron chi connectivity index (χ2n) is 6.26. The van der Waals surface area contributed by atoms with Crippen LogP contribution >= 0.6 is 0 Å². The van der Waals surface area contributed by atoms with Gasteiger partial charge in [-0.3, -0.25) is 4.79 Å². The summed E-state index contributed by atoms with van der Waals surface area (Å²) < 4.78 is 44.1. The Morgan fingerprint density at radius 1 is 1.17 bits per heavy atom. The molecule has 0 saturated heterocycles. The van der Waals surface area contributed by atoms with Crippen LogP contribution in [0.15, 0.2) is 12.1 Å². The molecule has 7 heteroatoms. The van der Waals surface area contributed by atoms with Crippen molar-refractivity contribution in [3.05, 3.63) is 35.1 Å². The molecule has 0 radical (unpaired) electrons. The largest absolute Gasteiger partial charge is 0.444 e. The van der Waals surface area contributed by atoms with Gasteiger partial charge in [0.2, 0.25) is 0 Å². The summed E-state index contributed by atoms with van der Waals surface area (Å²) >= 11 is 0. The zero-order valence-electron chi connectivity index (χ0n) is 13.5. The molecule has 23 heavy (non-hydrogen) atoms. The van der Waals surface area contributed by atoms with Gasteiger partial charge in [0.05, 0.1) is 0 Å². The molecule has 0 fully saturated rings. The number of nitrogens with one attached hydrogen (secondary N) is 1. The van der Waals surface area contributed by atoms with Crippen LogP contribution < -0.4 is 5.32 Å². The molecule has 0 aliphatic heterocycles. The summed E-state index contributed by atoms with van der Waals surface area (Å²) in [5.74, 6) is -4.97. The second-order valence-corrected chi connectivity index (χ2v) is 6.26. The Balaban J connectivity index is 2.54. The maximum Gasteiger partial charge on any atom is 0.407 e. The van der Waals surface area contributed by atoms with Crippen molar-refractivity contribution in [1.29, 1.82) is 0 Å². The lowest BCUT2D eigenvalue weighted by molar-refractivity contribution is 0.0504. The molecule has 0 saturated carbocycles. The van der Waals surface area contributed by atoms with E-state index in [0.29, 0.717) is 12.1 Å². The number of ether oxygens (including phenoxy) is 1. The molecule has 1 aromatic rings. The zero-order valence-corrected chi connectivity index (χ0v) is 13.5. The van der Waals surface area contributed by atoms with E-state index in [1.54, 1.807) is 27.7 Å². The van der Waals surface area contributed by atoms with Crippen LogP contribution in [0.5, 0.6) is 0 Å². The molecule has 0 aliphatic rings. The average Bonchev–Trinajstić information content (AvgIpc) is 2.39. The van der Waals surface area contributed by atoms with Gasteiger partial charge >= 0.3 is 6.09 Å². The van der Waals surface area contributed by atoms with Gasteiger partial charge in [-0.1, -0.05) is 0 Å². The normalized spacial score (nSPS) is 12.7. The van der Waals surface area contributed by atoms with Gasteiger partial charge in [-0.2, -0.15) is 0 Å². The van der Waals surface area contributed by atoms with Crippen LogP contribution in [0.1, 0.15) is 50.9 Å². The minimum absolute atomic E-state index is 0.0541. The molecular weight excluding hydrogens is 311 g/mol. The predicted molar refractivity (Wildman–Crippen MR) is 78.7 cm³/mol. The zero-order chi connectivity index (χ0) is 17.8. The molecule has 0 spiro atoms. The number of benzene rings is 1. The fraction of sp³-hybridized carbons (Fsp3) is 0.500. The highest BCUT2D eigenvalue weighted by molar-refractivity contribution is 5.96. The van der Waals surface area contributed by atoms with Gasteiger partial charge in [0.15, 0.2) is 23.2 Å². The third-order valence-corrected chi connectivity index (χ3v) is 2.87. The monoisotopic (exact) mass is 331 g/mol. The number of amides is 1. The van der Waals surface area contributed by atoms with Crippen LogP contribution in [-0.4, -0.2) is 23.5 Å². The summed E-state index contributed by atoms with van der Waals surface area (Å²) in [6.07, 6.45) is -0.420. The summed E-state index contributed by atoms with van der Waals surface area (Å²) in [6.45, 7) is 6.83. The molecule has 4 nitrogen and oxygen atoms in total. The Morgan fingerprint density at radius 3 is 2.17 bits per heavy atom. The van der Waals surface area contributed by atoms with E-state index in [1.165, 1.54) is 0 Å². The van der Waals surface area contributed by atoms with Crippen LogP contribution in [0.3, 0.4) is 0 Å². The highest BCUT2D eigenvalue weighted by Gasteiger charge is 2.19. The van der Waals surface area contributed by atoms with Crippen LogP contribution in [0.2, 0.25) is 0 Å². The van der Waals surface area contributed by atoms with E-state index in [9.17, 15) is 22.8 Å². The van der Waals surface area contributed by atoms with Crippen molar-refractivity contribution in [2.24, 2.45) is 0 Å². The van der Waals surface area contributed by atoms with Crippen LogP contribution in [0, 0.1) is 17.5 Å². The summed E-state index contributed by atoms with van der Waals surface area (Å²) in [6, 6.07) is 0.948. The average molecular weight is 331 g/mol. The van der Waals surface area contributed by atoms with Crippen molar-refractivity contribution >= 4 is 11.9 Å². The van der Waals surface area contributed by atoms with Gasteiger partial charge in [0, 0.05) is 18.0 Å². The fourth-order valence-corrected chi connectivity index (χ4v) is 1.79. The van der Waals surface area contributed by atoms with Crippen molar-refractivity contribution in [3.63, 3.8) is 0 Å². The quantitative estimate of drug-likeness (QED) is 0.656. The lowest BCUT2D eigenvalue weighted by atomic mass is 10.0. The number of carbonyl (C=O) groups excluding carboxylic acids is 2. The van der Waals surface area contributed by atoms with E-state index in [4.69, 9.17) is 4.74 Å². The van der Waals surface area contributed by atoms with E-state index in [1.807, 2.05) is 0 Å². The number of rotatable bonds is 5. The third kappa shape index (κ3) is 6.30. The maximum absolute atomic E-state index is 13.1. The summed E-state index contributed by atoms with van der Waals surface area (Å²) in [7, 11) is 0. The summed E-state index contributed by atoms with van der Waals surface area (Å²) in [5.41, 5.74) is -0.881. The molecule has 1 N–H and O–H groups in total. The molecule has 128 valence electrons. The van der Waals surface area contributed by atoms with Crippen molar-refractivity contribution < 1.29 is 27.5 Å². The van der Waals surface area contributed by atoms with Gasteiger partial charge < -0.3 is 10.1 Å². The predicted octanol–water partition coefficient (Wildman–Crippen LogP) is 3.98. The Morgan fingerprint density at radius 2 is 1.70 bits per heavy atom. The topological polar surface area (TPSA) is 55.4 Å². The second kappa shape index (κ2) is 7.48. The van der Waals surface area contributed by atoms with Crippen molar-refractivity contribution in [1.82, 2.24) is 5.32 Å². The number of carbonyl (C=O) groups is 2. The van der Waals surface area contributed by atoms with E-state index in [2.05, 4.69) is 5.32 Å². The lowest BCUT2D eigenvalue weighted by Gasteiger charge is -2.21. The minimum atomic E-state index is -1.61. The standard InChI is InChI=1S/C16H20F3NO3/c1-9(20-15(22)23-16(2,3)4)5-6-13(21)10-7-11(17)14(19)12(18)8-10/h7-9H,5-6H2,1-4H3,(H,20,22)/t9-/m0/s1. The van der Waals surface area contributed by atoms with Gasteiger partial charge in [-0.25, -0.2) is 18.0 Å². The Bertz CT molecular complexity index is 574. The molecule has 1 rings (SSSR count). The molecule has 0 aliphatic carbocycles. The number of hydrogen-bond donors (Lipinski definition) is 1. The van der Waals surface area contributed by atoms with E-state index < -0.39 is 34.9 Å².